The molecule has 2 aliphatic rings. The first-order valence-electron chi connectivity index (χ1n) is 9.26. The Morgan fingerprint density at radius 1 is 1.15 bits per heavy atom. The molecule has 0 radical (unpaired) electrons. The van der Waals surface area contributed by atoms with Crippen LogP contribution in [-0.4, -0.2) is 42.4 Å². The Morgan fingerprint density at radius 2 is 1.89 bits per heavy atom. The van der Waals surface area contributed by atoms with Gasteiger partial charge in [0.2, 0.25) is 0 Å². The molecule has 0 bridgehead atoms. The van der Waals surface area contributed by atoms with Gasteiger partial charge in [0.15, 0.2) is 5.78 Å². The third kappa shape index (κ3) is 3.18. The topological polar surface area (TPSA) is 55.8 Å². The summed E-state index contributed by atoms with van der Waals surface area (Å²) in [7, 11) is 1.57. The number of ketones is 1. The quantitative estimate of drug-likeness (QED) is 0.815. The smallest absolute Gasteiger partial charge is 0.257 e. The maximum atomic E-state index is 12.9. The zero-order chi connectivity index (χ0) is 19.0. The Morgan fingerprint density at radius 3 is 2.63 bits per heavy atom. The predicted octanol–water partition coefficient (Wildman–Crippen LogP) is 3.64. The summed E-state index contributed by atoms with van der Waals surface area (Å²) in [5, 5.41) is 0. The van der Waals surface area contributed by atoms with Crippen molar-refractivity contribution >= 4 is 11.7 Å². The number of carbonyl (C=O) groups excluding carboxylic acids is 2. The third-order valence-corrected chi connectivity index (χ3v) is 5.54. The highest BCUT2D eigenvalue weighted by molar-refractivity contribution is 6.00. The van der Waals surface area contributed by atoms with E-state index in [9.17, 15) is 9.59 Å². The van der Waals surface area contributed by atoms with Crippen molar-refractivity contribution in [2.45, 2.75) is 31.8 Å². The van der Waals surface area contributed by atoms with Gasteiger partial charge in [-0.3, -0.25) is 9.59 Å². The van der Waals surface area contributed by atoms with E-state index in [1.165, 1.54) is 0 Å². The largest absolute Gasteiger partial charge is 0.496 e. The summed E-state index contributed by atoms with van der Waals surface area (Å²) in [6, 6.07) is 13.0. The van der Waals surface area contributed by atoms with Crippen LogP contribution < -0.4 is 9.47 Å². The van der Waals surface area contributed by atoms with Gasteiger partial charge in [-0.25, -0.2) is 0 Å². The fourth-order valence-corrected chi connectivity index (χ4v) is 4.00. The molecule has 5 nitrogen and oxygen atoms in total. The minimum absolute atomic E-state index is 0.0412. The van der Waals surface area contributed by atoms with Crippen LogP contribution in [0.3, 0.4) is 0 Å². The Labute approximate surface area is 158 Å². The summed E-state index contributed by atoms with van der Waals surface area (Å²) in [5.74, 6) is 1.34. The number of Topliss-reactive ketones (excluding diaryl/α,β-unsaturated/α-hetero) is 1. The molecule has 2 heterocycles. The lowest BCUT2D eigenvalue weighted by Gasteiger charge is -2.44. The highest BCUT2D eigenvalue weighted by atomic mass is 16.5. The summed E-state index contributed by atoms with van der Waals surface area (Å²) < 4.78 is 11.6. The predicted molar refractivity (Wildman–Crippen MR) is 102 cm³/mol. The third-order valence-electron chi connectivity index (χ3n) is 5.54. The lowest BCUT2D eigenvalue weighted by Crippen LogP contribution is -2.52. The highest BCUT2D eigenvalue weighted by Crippen LogP contribution is 2.40. The molecule has 1 spiro atoms. The van der Waals surface area contributed by atoms with Crippen molar-refractivity contribution in [1.82, 2.24) is 4.90 Å². The van der Waals surface area contributed by atoms with Crippen molar-refractivity contribution in [3.63, 3.8) is 0 Å². The maximum absolute atomic E-state index is 12.9. The first kappa shape index (κ1) is 17.6. The van der Waals surface area contributed by atoms with Gasteiger partial charge >= 0.3 is 0 Å². The molecule has 5 heteroatoms. The van der Waals surface area contributed by atoms with Crippen molar-refractivity contribution < 1.29 is 19.1 Å². The molecule has 27 heavy (non-hydrogen) atoms. The summed E-state index contributed by atoms with van der Waals surface area (Å²) in [6.07, 6.45) is 1.67. The molecule has 0 N–H and O–H groups in total. The number of likely N-dealkylation sites (tertiary alicyclic amines) is 1. The van der Waals surface area contributed by atoms with Gasteiger partial charge < -0.3 is 14.4 Å². The van der Waals surface area contributed by atoms with Gasteiger partial charge in [0.1, 0.15) is 17.1 Å². The molecule has 0 unspecified atom stereocenters. The van der Waals surface area contributed by atoms with Crippen molar-refractivity contribution in [1.29, 1.82) is 0 Å². The number of aryl methyl sites for hydroxylation is 1. The van der Waals surface area contributed by atoms with Gasteiger partial charge in [0, 0.05) is 25.9 Å². The normalized spacial score (nSPS) is 18.0. The average Bonchev–Trinajstić information content (AvgIpc) is 2.69. The highest BCUT2D eigenvalue weighted by Gasteiger charge is 2.43. The first-order chi connectivity index (χ1) is 13.0. The van der Waals surface area contributed by atoms with Crippen LogP contribution in [0.2, 0.25) is 0 Å². The van der Waals surface area contributed by atoms with Gasteiger partial charge in [-0.15, -0.1) is 0 Å². The monoisotopic (exact) mass is 365 g/mol. The van der Waals surface area contributed by atoms with Crippen LogP contribution in [0, 0.1) is 6.92 Å². The number of carbonyl (C=O) groups is 2. The van der Waals surface area contributed by atoms with E-state index in [2.05, 4.69) is 0 Å². The first-order valence-corrected chi connectivity index (χ1v) is 9.26. The Bertz CT molecular complexity index is 897. The van der Waals surface area contributed by atoms with E-state index >= 15 is 0 Å². The molecular formula is C22H23NO4. The SMILES string of the molecule is COc1ccccc1C(=O)N1CCC2(CC1)CC(=O)c1cc(C)ccc1O2. The van der Waals surface area contributed by atoms with E-state index in [1.54, 1.807) is 19.2 Å². The van der Waals surface area contributed by atoms with E-state index in [0.717, 1.165) is 5.56 Å². The molecule has 0 aliphatic carbocycles. The van der Waals surface area contributed by atoms with Crippen LogP contribution in [0.4, 0.5) is 0 Å². The molecule has 2 aliphatic heterocycles. The fourth-order valence-electron chi connectivity index (χ4n) is 4.00. The molecule has 140 valence electrons. The molecule has 1 amide bonds. The van der Waals surface area contributed by atoms with Crippen LogP contribution in [0.1, 0.15) is 45.5 Å². The van der Waals surface area contributed by atoms with Crippen LogP contribution >= 0.6 is 0 Å². The molecule has 2 aromatic rings. The molecule has 4 rings (SSSR count). The number of piperidine rings is 1. The van der Waals surface area contributed by atoms with Crippen LogP contribution in [0.15, 0.2) is 42.5 Å². The average molecular weight is 365 g/mol. The Balaban J connectivity index is 1.50. The lowest BCUT2D eigenvalue weighted by atomic mass is 9.82. The zero-order valence-corrected chi connectivity index (χ0v) is 15.7. The van der Waals surface area contributed by atoms with E-state index in [0.29, 0.717) is 55.0 Å². The van der Waals surface area contributed by atoms with E-state index in [1.807, 2.05) is 42.2 Å². The molecular weight excluding hydrogens is 342 g/mol. The Hall–Kier alpha value is -2.82. The molecule has 0 aromatic heterocycles. The van der Waals surface area contributed by atoms with Crippen LogP contribution in [-0.2, 0) is 0 Å². The second-order valence-electron chi connectivity index (χ2n) is 7.38. The van der Waals surface area contributed by atoms with Crippen molar-refractivity contribution in [3.05, 3.63) is 59.2 Å². The number of methoxy groups -OCH3 is 1. The lowest BCUT2D eigenvalue weighted by molar-refractivity contribution is -0.00577. The molecule has 0 saturated carbocycles. The summed E-state index contributed by atoms with van der Waals surface area (Å²) in [6.45, 7) is 3.09. The van der Waals surface area contributed by atoms with E-state index in [-0.39, 0.29) is 11.7 Å². The number of benzene rings is 2. The second kappa shape index (κ2) is 6.72. The number of amides is 1. The number of fused-ring (bicyclic) bond motifs is 1. The Kier molecular flexibility index (Phi) is 4.38. The summed E-state index contributed by atoms with van der Waals surface area (Å²) in [4.78, 5) is 27.4. The van der Waals surface area contributed by atoms with Crippen LogP contribution in [0.5, 0.6) is 11.5 Å². The zero-order valence-electron chi connectivity index (χ0n) is 15.7. The van der Waals surface area contributed by atoms with Gasteiger partial charge in [-0.1, -0.05) is 23.8 Å². The van der Waals surface area contributed by atoms with Gasteiger partial charge in [0.25, 0.3) is 5.91 Å². The van der Waals surface area contributed by atoms with Crippen molar-refractivity contribution in [3.8, 4) is 11.5 Å². The molecule has 1 saturated heterocycles. The van der Waals surface area contributed by atoms with E-state index in [4.69, 9.17) is 9.47 Å². The fraction of sp³-hybridized carbons (Fsp3) is 0.364. The summed E-state index contributed by atoms with van der Waals surface area (Å²) >= 11 is 0. The standard InChI is InChI=1S/C22H23NO4/c1-15-7-8-20-17(13-15)18(24)14-22(27-20)9-11-23(12-10-22)21(25)16-5-3-4-6-19(16)26-2/h3-8,13H,9-12,14H2,1-2H3. The minimum Gasteiger partial charge on any atom is -0.496 e. The maximum Gasteiger partial charge on any atom is 0.257 e. The number of rotatable bonds is 2. The van der Waals surface area contributed by atoms with E-state index < -0.39 is 5.60 Å². The number of hydrogen-bond donors (Lipinski definition) is 0. The van der Waals surface area contributed by atoms with Crippen molar-refractivity contribution in [2.75, 3.05) is 20.2 Å². The van der Waals surface area contributed by atoms with Gasteiger partial charge in [-0.2, -0.15) is 0 Å². The summed E-state index contributed by atoms with van der Waals surface area (Å²) in [5.41, 5.74) is 1.79. The second-order valence-corrected chi connectivity index (χ2v) is 7.38. The number of ether oxygens (including phenoxy) is 2. The van der Waals surface area contributed by atoms with Gasteiger partial charge in [-0.05, 0) is 31.2 Å². The molecule has 1 fully saturated rings. The minimum atomic E-state index is -0.503. The van der Waals surface area contributed by atoms with Crippen LogP contribution in [0.25, 0.3) is 0 Å². The molecule has 0 atom stereocenters. The number of hydrogen-bond acceptors (Lipinski definition) is 4. The van der Waals surface area contributed by atoms with Crippen molar-refractivity contribution in [2.24, 2.45) is 0 Å². The molecule has 2 aromatic carbocycles. The van der Waals surface area contributed by atoms with Gasteiger partial charge in [0.05, 0.1) is 24.7 Å². The number of para-hydroxylation sites is 1. The number of nitrogens with zero attached hydrogens (tertiary/aromatic N) is 1.